The molecule has 2 unspecified atom stereocenters. The lowest BCUT2D eigenvalue weighted by atomic mass is 10.1. The number of halogens is 1. The second-order valence-electron chi connectivity index (χ2n) is 7.19. The molecule has 160 valence electrons. The maximum atomic E-state index is 13.0. The van der Waals surface area contributed by atoms with Crippen LogP contribution >= 0.6 is 22.9 Å². The first kappa shape index (κ1) is 22.5. The summed E-state index contributed by atoms with van der Waals surface area (Å²) in [5, 5.41) is 4.79. The monoisotopic (exact) mass is 464 g/mol. The largest absolute Gasteiger partial charge is 0.480 e. The van der Waals surface area contributed by atoms with E-state index < -0.39 is 11.0 Å². The maximum Gasteiger partial charge on any atom is 0.231 e. The third-order valence-corrected chi connectivity index (χ3v) is 7.26. The van der Waals surface area contributed by atoms with Crippen LogP contribution in [0.5, 0.6) is 5.88 Å². The molecule has 9 heteroatoms. The molecule has 3 aromatic rings. The van der Waals surface area contributed by atoms with Crippen molar-refractivity contribution in [1.82, 2.24) is 9.97 Å². The van der Waals surface area contributed by atoms with E-state index in [2.05, 4.69) is 40.8 Å². The highest BCUT2D eigenvalue weighted by Crippen LogP contribution is 2.36. The summed E-state index contributed by atoms with van der Waals surface area (Å²) in [6.07, 6.45) is 1.71. The van der Waals surface area contributed by atoms with E-state index in [1.807, 2.05) is 25.1 Å². The smallest absolute Gasteiger partial charge is 0.231 e. The molecule has 0 spiro atoms. The Balaban J connectivity index is 1.92. The molecule has 0 aliphatic carbocycles. The molecule has 0 aliphatic rings. The van der Waals surface area contributed by atoms with Crippen LogP contribution in [0.25, 0.3) is 10.4 Å². The van der Waals surface area contributed by atoms with Gasteiger partial charge in [-0.15, -0.1) is 0 Å². The molecule has 0 saturated heterocycles. The summed E-state index contributed by atoms with van der Waals surface area (Å²) in [5.74, 6) is 0.788. The summed E-state index contributed by atoms with van der Waals surface area (Å²) < 4.78 is 21.3. The summed E-state index contributed by atoms with van der Waals surface area (Å²) in [7, 11) is -0.103. The molecule has 2 heterocycles. The van der Waals surface area contributed by atoms with Crippen LogP contribution in [0.15, 0.2) is 41.4 Å². The molecule has 0 aliphatic heterocycles. The zero-order chi connectivity index (χ0) is 21.8. The van der Waals surface area contributed by atoms with Gasteiger partial charge in [0.25, 0.3) is 0 Å². The van der Waals surface area contributed by atoms with Crippen LogP contribution in [0, 0.1) is 12.8 Å². The minimum absolute atomic E-state index is 0.297. The van der Waals surface area contributed by atoms with Gasteiger partial charge in [0, 0.05) is 17.8 Å². The van der Waals surface area contributed by atoms with E-state index in [0.717, 1.165) is 21.3 Å². The van der Waals surface area contributed by atoms with Crippen molar-refractivity contribution in [2.45, 2.75) is 38.6 Å². The van der Waals surface area contributed by atoms with Crippen molar-refractivity contribution in [3.05, 3.63) is 47.2 Å². The number of pyridine rings is 1. The Morgan fingerprint density at radius 3 is 2.63 bits per heavy atom. The minimum atomic E-state index is -1.61. The molecule has 30 heavy (non-hydrogen) atoms. The van der Waals surface area contributed by atoms with Crippen molar-refractivity contribution < 1.29 is 8.95 Å². The van der Waals surface area contributed by atoms with Crippen molar-refractivity contribution in [2.24, 2.45) is 5.92 Å². The SMILES string of the molecule is COc1ncc(-c2sc(NC(C)C(C)C)nc2C)cc1S(=O)Nc1ccccc1Cl. The Kier molecular flexibility index (Phi) is 7.33. The number of rotatable bonds is 8. The van der Waals surface area contributed by atoms with Gasteiger partial charge in [-0.3, -0.25) is 4.72 Å². The third-order valence-electron chi connectivity index (χ3n) is 4.70. The first-order chi connectivity index (χ1) is 14.3. The van der Waals surface area contributed by atoms with Crippen LogP contribution in [0.3, 0.4) is 0 Å². The minimum Gasteiger partial charge on any atom is -0.480 e. The molecule has 3 rings (SSSR count). The quantitative estimate of drug-likeness (QED) is 0.442. The molecule has 0 bridgehead atoms. The highest BCUT2D eigenvalue weighted by atomic mass is 35.5. The van der Waals surface area contributed by atoms with Crippen molar-refractivity contribution in [3.63, 3.8) is 0 Å². The topological polar surface area (TPSA) is 76.1 Å². The van der Waals surface area contributed by atoms with E-state index >= 15 is 0 Å². The molecule has 2 N–H and O–H groups in total. The van der Waals surface area contributed by atoms with E-state index in [1.54, 1.807) is 29.7 Å². The predicted molar refractivity (Wildman–Crippen MR) is 126 cm³/mol. The highest BCUT2D eigenvalue weighted by Gasteiger charge is 2.19. The average molecular weight is 465 g/mol. The summed E-state index contributed by atoms with van der Waals surface area (Å²) in [5.41, 5.74) is 2.30. The van der Waals surface area contributed by atoms with E-state index in [9.17, 15) is 4.21 Å². The number of nitrogens with one attached hydrogen (secondary N) is 2. The molecule has 0 radical (unpaired) electrons. The van der Waals surface area contributed by atoms with Gasteiger partial charge in [0.2, 0.25) is 5.88 Å². The Bertz CT molecular complexity index is 1060. The average Bonchev–Trinajstić information content (AvgIpc) is 3.09. The molecule has 0 fully saturated rings. The van der Waals surface area contributed by atoms with Crippen molar-refractivity contribution in [2.75, 3.05) is 17.1 Å². The molecule has 2 aromatic heterocycles. The predicted octanol–water partition coefficient (Wildman–Crippen LogP) is 5.77. The number of aryl methyl sites for hydroxylation is 1. The van der Waals surface area contributed by atoms with E-state index in [-0.39, 0.29) is 0 Å². The van der Waals surface area contributed by atoms with Gasteiger partial charge in [-0.1, -0.05) is 48.9 Å². The zero-order valence-electron chi connectivity index (χ0n) is 17.5. The van der Waals surface area contributed by atoms with E-state index in [4.69, 9.17) is 16.3 Å². The number of thiazole rings is 1. The number of benzene rings is 1. The Hall–Kier alpha value is -2.16. The summed E-state index contributed by atoms with van der Waals surface area (Å²) in [4.78, 5) is 10.4. The number of nitrogens with zero attached hydrogens (tertiary/aromatic N) is 2. The molecule has 2 atom stereocenters. The first-order valence-corrected chi connectivity index (χ1v) is 11.9. The van der Waals surface area contributed by atoms with Crippen molar-refractivity contribution >= 4 is 44.7 Å². The lowest BCUT2D eigenvalue weighted by Crippen LogP contribution is -2.21. The first-order valence-electron chi connectivity index (χ1n) is 9.51. The van der Waals surface area contributed by atoms with Gasteiger partial charge in [0.05, 0.1) is 28.4 Å². The highest BCUT2D eigenvalue weighted by molar-refractivity contribution is 7.86. The van der Waals surface area contributed by atoms with Crippen molar-refractivity contribution in [1.29, 1.82) is 0 Å². The fourth-order valence-electron chi connectivity index (χ4n) is 2.63. The summed E-state index contributed by atoms with van der Waals surface area (Å²) in [6.45, 7) is 8.43. The molecule has 0 saturated carbocycles. The van der Waals surface area contributed by atoms with E-state index in [0.29, 0.717) is 33.4 Å². The number of anilines is 2. The van der Waals surface area contributed by atoms with Crippen LogP contribution in [-0.4, -0.2) is 27.3 Å². The molecular formula is C21H25ClN4O2S2. The Labute approximate surface area is 188 Å². The summed E-state index contributed by atoms with van der Waals surface area (Å²) in [6, 6.07) is 9.27. The zero-order valence-corrected chi connectivity index (χ0v) is 19.9. The maximum absolute atomic E-state index is 13.0. The summed E-state index contributed by atoms with van der Waals surface area (Å²) >= 11 is 7.74. The second kappa shape index (κ2) is 9.76. The number of para-hydroxylation sites is 1. The fourth-order valence-corrected chi connectivity index (χ4v) is 4.93. The van der Waals surface area contributed by atoms with E-state index in [1.165, 1.54) is 7.11 Å². The van der Waals surface area contributed by atoms with Gasteiger partial charge in [-0.05, 0) is 38.0 Å². The van der Waals surface area contributed by atoms with Crippen LogP contribution in [0.4, 0.5) is 10.8 Å². The normalized spacial score (nSPS) is 13.2. The number of ether oxygens (including phenoxy) is 1. The molecule has 6 nitrogen and oxygen atoms in total. The van der Waals surface area contributed by atoms with Crippen LogP contribution < -0.4 is 14.8 Å². The van der Waals surface area contributed by atoms with Crippen molar-refractivity contribution in [3.8, 4) is 16.3 Å². The molecule has 1 aromatic carbocycles. The van der Waals surface area contributed by atoms with Gasteiger partial charge in [-0.25, -0.2) is 14.2 Å². The van der Waals surface area contributed by atoms with Gasteiger partial charge >= 0.3 is 0 Å². The van der Waals surface area contributed by atoms with Crippen LogP contribution in [0.1, 0.15) is 26.5 Å². The third kappa shape index (κ3) is 5.11. The number of hydrogen-bond acceptors (Lipinski definition) is 6. The number of aromatic nitrogens is 2. The molecule has 0 amide bonds. The van der Waals surface area contributed by atoms with Gasteiger partial charge in [0.1, 0.15) is 4.90 Å². The molecular weight excluding hydrogens is 440 g/mol. The second-order valence-corrected chi connectivity index (χ2v) is 9.78. The lowest BCUT2D eigenvalue weighted by molar-refractivity contribution is 0.386. The number of hydrogen-bond donors (Lipinski definition) is 2. The lowest BCUT2D eigenvalue weighted by Gasteiger charge is -2.16. The number of methoxy groups -OCH3 is 1. The van der Waals surface area contributed by atoms with Gasteiger partial charge in [-0.2, -0.15) is 0 Å². The standard InChI is InChI=1S/C21H25ClN4O2S2/c1-12(2)13(3)24-21-25-14(4)19(29-21)15-10-18(20(28-5)23-11-15)30(27)26-17-9-7-6-8-16(17)22/h6-13,26H,1-5H3,(H,24,25). The Morgan fingerprint density at radius 1 is 1.23 bits per heavy atom. The Morgan fingerprint density at radius 2 is 1.97 bits per heavy atom. The van der Waals surface area contributed by atoms with Crippen LogP contribution in [-0.2, 0) is 11.0 Å². The van der Waals surface area contributed by atoms with Gasteiger partial charge in [0.15, 0.2) is 16.1 Å². The fraction of sp³-hybridized carbons (Fsp3) is 0.333. The van der Waals surface area contributed by atoms with Gasteiger partial charge < -0.3 is 10.1 Å². The van der Waals surface area contributed by atoms with Crippen LogP contribution in [0.2, 0.25) is 5.02 Å².